The Hall–Kier alpha value is -1.71. The molecule has 3 heteroatoms. The standard InChI is InChI=1S/C23H30FNO/c1-18-9-8-10-19(2)23(18)22(17-25-14-6-3-7-15-25)26-16-13-20-11-4-5-12-21(20)24/h4-5,8-12,22H,3,6-7,13-17H2,1-2H3. The van der Waals surface area contributed by atoms with Crippen molar-refractivity contribution >= 4 is 0 Å². The lowest BCUT2D eigenvalue weighted by atomic mass is 9.97. The molecule has 1 atom stereocenters. The van der Waals surface area contributed by atoms with Gasteiger partial charge in [0.1, 0.15) is 5.82 Å². The second-order valence-corrected chi connectivity index (χ2v) is 7.37. The topological polar surface area (TPSA) is 12.5 Å². The van der Waals surface area contributed by atoms with Crippen LogP contribution in [0.1, 0.15) is 47.6 Å². The molecule has 0 aliphatic carbocycles. The number of halogens is 1. The fraction of sp³-hybridized carbons (Fsp3) is 0.478. The van der Waals surface area contributed by atoms with Gasteiger partial charge in [-0.05, 0) is 74.5 Å². The second-order valence-electron chi connectivity index (χ2n) is 7.37. The maximum Gasteiger partial charge on any atom is 0.126 e. The monoisotopic (exact) mass is 355 g/mol. The zero-order valence-electron chi connectivity index (χ0n) is 16.0. The summed E-state index contributed by atoms with van der Waals surface area (Å²) in [6.07, 6.45) is 4.53. The molecule has 2 aromatic carbocycles. The number of hydrogen-bond donors (Lipinski definition) is 0. The Bertz CT molecular complexity index is 689. The molecule has 1 fully saturated rings. The van der Waals surface area contributed by atoms with Crippen LogP contribution in [0.15, 0.2) is 42.5 Å². The summed E-state index contributed by atoms with van der Waals surface area (Å²) in [5, 5.41) is 0. The van der Waals surface area contributed by atoms with Crippen LogP contribution in [0.4, 0.5) is 4.39 Å². The van der Waals surface area contributed by atoms with Crippen LogP contribution in [-0.2, 0) is 11.2 Å². The highest BCUT2D eigenvalue weighted by Crippen LogP contribution is 2.27. The van der Waals surface area contributed by atoms with E-state index >= 15 is 0 Å². The molecule has 0 saturated carbocycles. The highest BCUT2D eigenvalue weighted by Gasteiger charge is 2.21. The molecule has 1 unspecified atom stereocenters. The van der Waals surface area contributed by atoms with Crippen molar-refractivity contribution < 1.29 is 9.13 Å². The summed E-state index contributed by atoms with van der Waals surface area (Å²) in [7, 11) is 0. The molecule has 0 bridgehead atoms. The number of rotatable bonds is 7. The number of ether oxygens (including phenoxy) is 1. The zero-order valence-corrected chi connectivity index (χ0v) is 16.0. The molecule has 140 valence electrons. The number of piperidine rings is 1. The summed E-state index contributed by atoms with van der Waals surface area (Å²) in [5.41, 5.74) is 4.58. The smallest absolute Gasteiger partial charge is 0.126 e. The molecule has 3 rings (SSSR count). The van der Waals surface area contributed by atoms with Gasteiger partial charge >= 0.3 is 0 Å². The van der Waals surface area contributed by atoms with Gasteiger partial charge in [0.05, 0.1) is 12.7 Å². The van der Waals surface area contributed by atoms with Crippen molar-refractivity contribution in [2.75, 3.05) is 26.2 Å². The van der Waals surface area contributed by atoms with E-state index in [2.05, 4.69) is 36.9 Å². The van der Waals surface area contributed by atoms with E-state index in [1.165, 1.54) is 42.0 Å². The molecule has 1 aliphatic rings. The highest BCUT2D eigenvalue weighted by molar-refractivity contribution is 5.35. The van der Waals surface area contributed by atoms with Crippen molar-refractivity contribution in [3.8, 4) is 0 Å². The Labute approximate surface area is 157 Å². The van der Waals surface area contributed by atoms with Gasteiger partial charge in [-0.25, -0.2) is 4.39 Å². The quantitative estimate of drug-likeness (QED) is 0.674. The van der Waals surface area contributed by atoms with Crippen LogP contribution >= 0.6 is 0 Å². The molecule has 2 aromatic rings. The fourth-order valence-corrected chi connectivity index (χ4v) is 3.95. The van der Waals surface area contributed by atoms with E-state index < -0.39 is 0 Å². The largest absolute Gasteiger partial charge is 0.372 e. The SMILES string of the molecule is Cc1cccc(C)c1C(CN1CCCCC1)OCCc1ccccc1F. The van der Waals surface area contributed by atoms with Crippen LogP contribution in [0.25, 0.3) is 0 Å². The summed E-state index contributed by atoms with van der Waals surface area (Å²) in [4.78, 5) is 2.52. The Morgan fingerprint density at radius 1 is 0.962 bits per heavy atom. The third-order valence-electron chi connectivity index (χ3n) is 5.39. The first-order valence-corrected chi connectivity index (χ1v) is 9.78. The summed E-state index contributed by atoms with van der Waals surface area (Å²) < 4.78 is 20.2. The Morgan fingerprint density at radius 2 is 1.65 bits per heavy atom. The number of hydrogen-bond acceptors (Lipinski definition) is 2. The number of likely N-dealkylation sites (tertiary alicyclic amines) is 1. The average molecular weight is 355 g/mol. The van der Waals surface area contributed by atoms with Gasteiger partial charge in [0.15, 0.2) is 0 Å². The van der Waals surface area contributed by atoms with E-state index in [9.17, 15) is 4.39 Å². The normalized spacial score (nSPS) is 16.6. The van der Waals surface area contributed by atoms with Crippen molar-refractivity contribution in [3.05, 3.63) is 70.5 Å². The summed E-state index contributed by atoms with van der Waals surface area (Å²) >= 11 is 0. The van der Waals surface area contributed by atoms with Gasteiger partial charge in [-0.2, -0.15) is 0 Å². The minimum absolute atomic E-state index is 0.0427. The molecule has 0 N–H and O–H groups in total. The summed E-state index contributed by atoms with van der Waals surface area (Å²) in [5.74, 6) is -0.143. The van der Waals surface area contributed by atoms with Crippen LogP contribution in [0.5, 0.6) is 0 Å². The van der Waals surface area contributed by atoms with Gasteiger partial charge in [0, 0.05) is 6.54 Å². The first-order valence-electron chi connectivity index (χ1n) is 9.78. The van der Waals surface area contributed by atoms with Crippen LogP contribution in [0, 0.1) is 19.7 Å². The molecular formula is C23H30FNO. The van der Waals surface area contributed by atoms with E-state index in [1.807, 2.05) is 12.1 Å². The van der Waals surface area contributed by atoms with E-state index in [-0.39, 0.29) is 11.9 Å². The lowest BCUT2D eigenvalue weighted by Crippen LogP contribution is -2.34. The van der Waals surface area contributed by atoms with Crippen LogP contribution < -0.4 is 0 Å². The van der Waals surface area contributed by atoms with E-state index in [0.717, 1.165) is 25.2 Å². The maximum atomic E-state index is 13.9. The Balaban J connectivity index is 1.71. The minimum atomic E-state index is -0.143. The van der Waals surface area contributed by atoms with Gasteiger partial charge in [-0.1, -0.05) is 42.8 Å². The predicted molar refractivity (Wildman–Crippen MR) is 105 cm³/mol. The first kappa shape index (κ1) is 19.1. The van der Waals surface area contributed by atoms with E-state index in [0.29, 0.717) is 13.0 Å². The zero-order chi connectivity index (χ0) is 18.4. The van der Waals surface area contributed by atoms with Gasteiger partial charge < -0.3 is 9.64 Å². The molecule has 0 spiro atoms. The minimum Gasteiger partial charge on any atom is -0.372 e. The molecule has 1 saturated heterocycles. The molecular weight excluding hydrogens is 325 g/mol. The molecule has 0 aromatic heterocycles. The summed E-state index contributed by atoms with van der Waals surface area (Å²) in [6.45, 7) is 8.07. The van der Waals surface area contributed by atoms with Crippen molar-refractivity contribution in [1.29, 1.82) is 0 Å². The van der Waals surface area contributed by atoms with E-state index in [4.69, 9.17) is 4.74 Å². The summed E-state index contributed by atoms with van der Waals surface area (Å²) in [6, 6.07) is 13.4. The van der Waals surface area contributed by atoms with Crippen LogP contribution in [-0.4, -0.2) is 31.1 Å². The lowest BCUT2D eigenvalue weighted by molar-refractivity contribution is 0.0212. The highest BCUT2D eigenvalue weighted by atomic mass is 19.1. The predicted octanol–water partition coefficient (Wildman–Crippen LogP) is 5.23. The van der Waals surface area contributed by atoms with Gasteiger partial charge in [0.25, 0.3) is 0 Å². The number of benzene rings is 2. The second kappa shape index (κ2) is 9.29. The molecule has 1 aliphatic heterocycles. The van der Waals surface area contributed by atoms with Gasteiger partial charge in [0.2, 0.25) is 0 Å². The third kappa shape index (κ3) is 4.93. The average Bonchev–Trinajstić information content (AvgIpc) is 2.64. The fourth-order valence-electron chi connectivity index (χ4n) is 3.95. The van der Waals surface area contributed by atoms with Crippen LogP contribution in [0.2, 0.25) is 0 Å². The number of nitrogens with zero attached hydrogens (tertiary/aromatic N) is 1. The molecule has 0 amide bonds. The molecule has 2 nitrogen and oxygen atoms in total. The van der Waals surface area contributed by atoms with Crippen molar-refractivity contribution in [2.24, 2.45) is 0 Å². The van der Waals surface area contributed by atoms with Gasteiger partial charge in [-0.15, -0.1) is 0 Å². The Morgan fingerprint density at radius 3 is 2.35 bits per heavy atom. The Kier molecular flexibility index (Phi) is 6.81. The number of aryl methyl sites for hydroxylation is 2. The molecule has 26 heavy (non-hydrogen) atoms. The van der Waals surface area contributed by atoms with Gasteiger partial charge in [-0.3, -0.25) is 0 Å². The van der Waals surface area contributed by atoms with Crippen molar-refractivity contribution in [3.63, 3.8) is 0 Å². The van der Waals surface area contributed by atoms with Crippen molar-refractivity contribution in [2.45, 2.75) is 45.6 Å². The van der Waals surface area contributed by atoms with Crippen molar-refractivity contribution in [1.82, 2.24) is 4.90 Å². The third-order valence-corrected chi connectivity index (χ3v) is 5.39. The first-order chi connectivity index (χ1) is 12.6. The molecule has 0 radical (unpaired) electrons. The van der Waals surface area contributed by atoms with Crippen LogP contribution in [0.3, 0.4) is 0 Å². The maximum absolute atomic E-state index is 13.9. The lowest BCUT2D eigenvalue weighted by Gasteiger charge is -2.32. The van der Waals surface area contributed by atoms with E-state index in [1.54, 1.807) is 6.07 Å². The molecule has 1 heterocycles.